The van der Waals surface area contributed by atoms with Crippen molar-refractivity contribution in [2.24, 2.45) is 0 Å². The van der Waals surface area contributed by atoms with Gasteiger partial charge in [-0.25, -0.2) is 13.4 Å². The topological polar surface area (TPSA) is 89.0 Å². The van der Waals surface area contributed by atoms with Gasteiger partial charge in [0, 0.05) is 31.7 Å². The number of sulfonamides is 1. The third-order valence-corrected chi connectivity index (χ3v) is 9.39. The first-order valence-electron chi connectivity index (χ1n) is 13.3. The molecule has 1 saturated heterocycles. The molecule has 0 aliphatic carbocycles. The highest BCUT2D eigenvalue weighted by Crippen LogP contribution is 2.31. The Morgan fingerprint density at radius 3 is 2.49 bits per heavy atom. The lowest BCUT2D eigenvalue weighted by molar-refractivity contribution is -0.131. The molecule has 41 heavy (non-hydrogen) atoms. The summed E-state index contributed by atoms with van der Waals surface area (Å²) >= 11 is 0. The molecule has 0 bridgehead atoms. The summed E-state index contributed by atoms with van der Waals surface area (Å²) in [6.07, 6.45) is 2.12. The molecule has 1 aliphatic rings. The molecule has 0 saturated carbocycles. The Hall–Kier alpha value is -4.47. The molecule has 0 unspecified atom stereocenters. The number of methoxy groups -OCH3 is 1. The average molecular weight is 568 g/mol. The number of aromatic nitrogens is 1. The Bertz CT molecular complexity index is 1860. The van der Waals surface area contributed by atoms with Crippen LogP contribution in [0, 0.1) is 0 Å². The van der Waals surface area contributed by atoms with Crippen LogP contribution in [0.15, 0.2) is 102 Å². The number of pyridine rings is 1. The Morgan fingerprint density at radius 1 is 0.902 bits per heavy atom. The molecule has 4 aromatic carbocycles. The van der Waals surface area contributed by atoms with Crippen LogP contribution < -0.4 is 9.47 Å². The van der Waals surface area contributed by atoms with Gasteiger partial charge in [0.2, 0.25) is 21.8 Å². The van der Waals surface area contributed by atoms with Crippen LogP contribution in [0.2, 0.25) is 0 Å². The number of carbonyl (C=O) groups excluding carboxylic acids is 1. The number of benzene rings is 4. The van der Waals surface area contributed by atoms with E-state index in [1.54, 1.807) is 42.5 Å². The first-order chi connectivity index (χ1) is 19.8. The second kappa shape index (κ2) is 10.8. The minimum absolute atomic E-state index is 0.139. The van der Waals surface area contributed by atoms with Gasteiger partial charge >= 0.3 is 0 Å². The second-order valence-corrected chi connectivity index (χ2v) is 12.0. The fourth-order valence-electron chi connectivity index (χ4n) is 5.23. The van der Waals surface area contributed by atoms with E-state index in [-0.39, 0.29) is 10.8 Å². The van der Waals surface area contributed by atoms with Crippen molar-refractivity contribution in [3.63, 3.8) is 0 Å². The molecule has 0 spiro atoms. The van der Waals surface area contributed by atoms with Crippen LogP contribution in [-0.2, 0) is 21.4 Å². The number of ether oxygens (including phenoxy) is 2. The lowest BCUT2D eigenvalue weighted by atomic mass is 10.1. The quantitative estimate of drug-likeness (QED) is 0.242. The predicted octanol–water partition coefficient (Wildman–Crippen LogP) is 5.61. The highest BCUT2D eigenvalue weighted by Gasteiger charge is 2.39. The van der Waals surface area contributed by atoms with Crippen LogP contribution in [0.4, 0.5) is 0 Å². The van der Waals surface area contributed by atoms with E-state index >= 15 is 0 Å². The Kier molecular flexibility index (Phi) is 7.07. The standard InChI is InChI=1S/C32H29N3O5S/c1-34(41(37,38)28-13-11-23-10-12-27(39-2)19-25(23)20-28)30-15-17-35(32(30)36)21-22-8-9-24-14-16-33-31(29(24)18-22)40-26-6-4-3-5-7-26/h3-14,16,18-20,30H,15,17,21H2,1-2H3/t30-/m1/s1. The summed E-state index contributed by atoms with van der Waals surface area (Å²) in [5.74, 6) is 1.60. The summed E-state index contributed by atoms with van der Waals surface area (Å²) in [6.45, 7) is 0.811. The fourth-order valence-corrected chi connectivity index (χ4v) is 6.61. The Morgan fingerprint density at radius 2 is 1.68 bits per heavy atom. The van der Waals surface area contributed by atoms with E-state index in [2.05, 4.69) is 4.98 Å². The molecule has 8 nitrogen and oxygen atoms in total. The molecular weight excluding hydrogens is 538 g/mol. The van der Waals surface area contributed by atoms with E-state index in [9.17, 15) is 13.2 Å². The van der Waals surface area contributed by atoms with Crippen LogP contribution in [-0.4, -0.2) is 55.3 Å². The van der Waals surface area contributed by atoms with Crippen molar-refractivity contribution < 1.29 is 22.7 Å². The summed E-state index contributed by atoms with van der Waals surface area (Å²) in [6, 6.07) is 27.0. The number of amides is 1. The zero-order chi connectivity index (χ0) is 28.6. The van der Waals surface area contributed by atoms with Gasteiger partial charge in [-0.2, -0.15) is 4.31 Å². The number of hydrogen-bond donors (Lipinski definition) is 0. The summed E-state index contributed by atoms with van der Waals surface area (Å²) in [4.78, 5) is 19.7. The molecule has 208 valence electrons. The lowest BCUT2D eigenvalue weighted by Crippen LogP contribution is -2.42. The third kappa shape index (κ3) is 5.21. The monoisotopic (exact) mass is 567 g/mol. The minimum Gasteiger partial charge on any atom is -0.497 e. The van der Waals surface area contributed by atoms with E-state index < -0.39 is 16.1 Å². The maximum absolute atomic E-state index is 13.6. The SMILES string of the molecule is COc1ccc2ccc(S(=O)(=O)N(C)[C@@H]3CCN(Cc4ccc5ccnc(Oc6ccccc6)c5c4)C3=O)cc2c1. The maximum Gasteiger partial charge on any atom is 0.243 e. The van der Waals surface area contributed by atoms with E-state index in [4.69, 9.17) is 9.47 Å². The highest BCUT2D eigenvalue weighted by molar-refractivity contribution is 7.89. The van der Waals surface area contributed by atoms with Gasteiger partial charge in [-0.15, -0.1) is 0 Å². The molecule has 5 aromatic rings. The van der Waals surface area contributed by atoms with Crippen molar-refractivity contribution in [1.29, 1.82) is 0 Å². The number of likely N-dealkylation sites (tertiary alicyclic amines) is 1. The fraction of sp³-hybridized carbons (Fsp3) is 0.188. The number of carbonyl (C=O) groups is 1. The molecule has 1 aromatic heterocycles. The van der Waals surface area contributed by atoms with Gasteiger partial charge in [-0.3, -0.25) is 4.79 Å². The smallest absolute Gasteiger partial charge is 0.243 e. The van der Waals surface area contributed by atoms with Crippen LogP contribution in [0.3, 0.4) is 0 Å². The van der Waals surface area contributed by atoms with E-state index in [1.165, 1.54) is 11.4 Å². The number of hydrogen-bond acceptors (Lipinski definition) is 6. The number of likely N-dealkylation sites (N-methyl/N-ethyl adjacent to an activating group) is 1. The second-order valence-electron chi connectivity index (χ2n) is 10.0. The van der Waals surface area contributed by atoms with E-state index in [0.717, 1.165) is 27.1 Å². The van der Waals surface area contributed by atoms with Crippen molar-refractivity contribution in [1.82, 2.24) is 14.2 Å². The summed E-state index contributed by atoms with van der Waals surface area (Å²) in [5.41, 5.74) is 0.909. The Labute approximate surface area is 238 Å². The molecule has 0 N–H and O–H groups in total. The normalized spacial score (nSPS) is 15.6. The zero-order valence-electron chi connectivity index (χ0n) is 22.7. The maximum atomic E-state index is 13.6. The van der Waals surface area contributed by atoms with Gasteiger partial charge in [0.15, 0.2) is 0 Å². The van der Waals surface area contributed by atoms with Crippen LogP contribution in [0.25, 0.3) is 21.5 Å². The summed E-state index contributed by atoms with van der Waals surface area (Å²) < 4.78 is 39.7. The number of fused-ring (bicyclic) bond motifs is 2. The van der Waals surface area contributed by atoms with Crippen molar-refractivity contribution in [2.75, 3.05) is 20.7 Å². The van der Waals surface area contributed by atoms with Gasteiger partial charge in [0.05, 0.1) is 12.0 Å². The lowest BCUT2D eigenvalue weighted by Gasteiger charge is -2.24. The summed E-state index contributed by atoms with van der Waals surface area (Å²) in [7, 11) is -0.860. The highest BCUT2D eigenvalue weighted by atomic mass is 32.2. The molecule has 1 atom stereocenters. The van der Waals surface area contributed by atoms with Crippen molar-refractivity contribution in [3.05, 3.63) is 103 Å². The van der Waals surface area contributed by atoms with Gasteiger partial charge < -0.3 is 14.4 Å². The molecule has 1 aliphatic heterocycles. The minimum atomic E-state index is -3.91. The molecule has 9 heteroatoms. The third-order valence-electron chi connectivity index (χ3n) is 7.53. The van der Waals surface area contributed by atoms with Gasteiger partial charge in [0.25, 0.3) is 0 Å². The molecule has 6 rings (SSSR count). The van der Waals surface area contributed by atoms with Crippen LogP contribution >= 0.6 is 0 Å². The van der Waals surface area contributed by atoms with E-state index in [1.807, 2.05) is 66.7 Å². The van der Waals surface area contributed by atoms with Crippen molar-refractivity contribution >= 4 is 37.5 Å². The number of para-hydroxylation sites is 1. The molecular formula is C32H29N3O5S. The van der Waals surface area contributed by atoms with Crippen molar-refractivity contribution in [3.8, 4) is 17.4 Å². The molecule has 2 heterocycles. The first-order valence-corrected chi connectivity index (χ1v) is 14.7. The molecule has 1 amide bonds. The van der Waals surface area contributed by atoms with Gasteiger partial charge in [-0.05, 0) is 76.7 Å². The predicted molar refractivity (Wildman–Crippen MR) is 158 cm³/mol. The largest absolute Gasteiger partial charge is 0.497 e. The molecule has 0 radical (unpaired) electrons. The van der Waals surface area contributed by atoms with Gasteiger partial charge in [-0.1, -0.05) is 42.5 Å². The number of rotatable bonds is 8. The molecule has 1 fully saturated rings. The van der Waals surface area contributed by atoms with Crippen molar-refractivity contribution in [2.45, 2.75) is 23.9 Å². The van der Waals surface area contributed by atoms with Crippen LogP contribution in [0.5, 0.6) is 17.4 Å². The average Bonchev–Trinajstić information content (AvgIpc) is 3.36. The van der Waals surface area contributed by atoms with Gasteiger partial charge in [0.1, 0.15) is 17.5 Å². The van der Waals surface area contributed by atoms with Crippen LogP contribution in [0.1, 0.15) is 12.0 Å². The summed E-state index contributed by atoms with van der Waals surface area (Å²) in [5, 5.41) is 3.46. The zero-order valence-corrected chi connectivity index (χ0v) is 23.5. The number of nitrogens with zero attached hydrogens (tertiary/aromatic N) is 3. The van der Waals surface area contributed by atoms with E-state index in [0.29, 0.717) is 36.9 Å². The first kappa shape index (κ1) is 26.7. The Balaban J connectivity index is 1.21.